The molecule has 0 aliphatic rings. The second kappa shape index (κ2) is 8.36. The van der Waals surface area contributed by atoms with Gasteiger partial charge in [-0.05, 0) is 52.7 Å². The van der Waals surface area contributed by atoms with Crippen LogP contribution in [0.4, 0.5) is 0 Å². The molecule has 0 aliphatic carbocycles. The molecule has 0 radical (unpaired) electrons. The van der Waals surface area contributed by atoms with Crippen molar-refractivity contribution in [3.05, 3.63) is 56.9 Å². The number of amides is 1. The Kier molecular flexibility index (Phi) is 6.48. The molecule has 4 nitrogen and oxygen atoms in total. The third kappa shape index (κ3) is 5.30. The molecule has 6 heteroatoms. The number of furan rings is 1. The van der Waals surface area contributed by atoms with Crippen LogP contribution in [-0.4, -0.2) is 19.1 Å². The smallest absolute Gasteiger partial charge is 0.252 e. The van der Waals surface area contributed by atoms with Crippen molar-refractivity contribution in [1.29, 1.82) is 0 Å². The third-order valence-corrected chi connectivity index (χ3v) is 3.90. The summed E-state index contributed by atoms with van der Waals surface area (Å²) in [7, 11) is 0. The Morgan fingerprint density at radius 2 is 2.14 bits per heavy atom. The van der Waals surface area contributed by atoms with Gasteiger partial charge in [0.2, 0.25) is 0 Å². The number of nitrogens with one attached hydrogen (secondary N) is 1. The summed E-state index contributed by atoms with van der Waals surface area (Å²) in [5.41, 5.74) is 0.620. The van der Waals surface area contributed by atoms with Crippen LogP contribution in [0.1, 0.15) is 22.5 Å². The second-order valence-electron chi connectivity index (χ2n) is 4.37. The van der Waals surface area contributed by atoms with Crippen LogP contribution in [-0.2, 0) is 11.3 Å². The van der Waals surface area contributed by atoms with Crippen molar-refractivity contribution in [2.45, 2.75) is 13.0 Å². The van der Waals surface area contributed by atoms with Gasteiger partial charge in [-0.25, -0.2) is 0 Å². The first kappa shape index (κ1) is 16.3. The minimum absolute atomic E-state index is 0.0968. The summed E-state index contributed by atoms with van der Waals surface area (Å²) >= 11 is 6.73. The van der Waals surface area contributed by atoms with Gasteiger partial charge in [-0.15, -0.1) is 0 Å². The molecule has 0 saturated carbocycles. The number of halogens is 2. The van der Waals surface area contributed by atoms with E-state index in [9.17, 15) is 4.79 Å². The Bertz CT molecular complexity index is 585. The van der Waals surface area contributed by atoms with E-state index in [1.165, 1.54) is 0 Å². The average Bonchev–Trinajstić information content (AvgIpc) is 2.95. The zero-order chi connectivity index (χ0) is 15.1. The summed E-state index contributed by atoms with van der Waals surface area (Å²) < 4.78 is 12.3. The van der Waals surface area contributed by atoms with Crippen LogP contribution in [0.2, 0.25) is 0 Å². The number of hydrogen-bond acceptors (Lipinski definition) is 3. The number of rotatable bonds is 7. The minimum atomic E-state index is -0.0968. The van der Waals surface area contributed by atoms with Gasteiger partial charge < -0.3 is 14.5 Å². The number of carbonyl (C=O) groups excluding carboxylic acids is 1. The molecule has 0 spiro atoms. The normalized spacial score (nSPS) is 10.6. The molecule has 0 atom stereocenters. The first-order valence-electron chi connectivity index (χ1n) is 6.50. The number of hydrogen-bond donors (Lipinski definition) is 1. The molecular formula is C15H15Br2NO3. The fourth-order valence-corrected chi connectivity index (χ4v) is 2.94. The maximum atomic E-state index is 12.0. The molecule has 1 N–H and O–H groups in total. The summed E-state index contributed by atoms with van der Waals surface area (Å²) in [6.07, 6.45) is 2.37. The monoisotopic (exact) mass is 415 g/mol. The summed E-state index contributed by atoms with van der Waals surface area (Å²) in [6.45, 7) is 1.60. The summed E-state index contributed by atoms with van der Waals surface area (Å²) in [4.78, 5) is 12.0. The summed E-state index contributed by atoms with van der Waals surface area (Å²) in [6, 6.07) is 9.16. The van der Waals surface area contributed by atoms with E-state index in [1.54, 1.807) is 12.3 Å². The van der Waals surface area contributed by atoms with Gasteiger partial charge in [0.1, 0.15) is 12.4 Å². The van der Waals surface area contributed by atoms with E-state index in [4.69, 9.17) is 9.15 Å². The zero-order valence-corrected chi connectivity index (χ0v) is 14.4. The number of carbonyl (C=O) groups is 1. The van der Waals surface area contributed by atoms with E-state index in [1.807, 2.05) is 24.3 Å². The standard InChI is InChI=1S/C15H15Br2NO3/c16-11-4-5-13(14(17)9-11)15(19)18-6-2-7-20-10-12-3-1-8-21-12/h1,3-5,8-9H,2,6-7,10H2,(H,18,19). The topological polar surface area (TPSA) is 51.5 Å². The van der Waals surface area contributed by atoms with Gasteiger partial charge in [0, 0.05) is 22.1 Å². The Hall–Kier alpha value is -1.11. The highest BCUT2D eigenvalue weighted by Gasteiger charge is 2.09. The lowest BCUT2D eigenvalue weighted by Crippen LogP contribution is -2.25. The Balaban J connectivity index is 1.65. The lowest BCUT2D eigenvalue weighted by Gasteiger charge is -2.07. The van der Waals surface area contributed by atoms with E-state index in [0.29, 0.717) is 25.3 Å². The van der Waals surface area contributed by atoms with Crippen LogP contribution < -0.4 is 5.32 Å². The maximum Gasteiger partial charge on any atom is 0.252 e. The van der Waals surface area contributed by atoms with Gasteiger partial charge in [-0.3, -0.25) is 4.79 Å². The highest BCUT2D eigenvalue weighted by Crippen LogP contribution is 2.21. The first-order chi connectivity index (χ1) is 10.2. The molecular weight excluding hydrogens is 402 g/mol. The van der Waals surface area contributed by atoms with Crippen molar-refractivity contribution in [3.63, 3.8) is 0 Å². The highest BCUT2D eigenvalue weighted by atomic mass is 79.9. The summed E-state index contributed by atoms with van der Waals surface area (Å²) in [5, 5.41) is 2.87. The predicted octanol–water partition coefficient (Wildman–Crippen LogP) is 4.14. The Labute approximate surface area is 140 Å². The van der Waals surface area contributed by atoms with Crippen molar-refractivity contribution < 1.29 is 13.9 Å². The molecule has 21 heavy (non-hydrogen) atoms. The predicted molar refractivity (Wildman–Crippen MR) is 87.2 cm³/mol. The van der Waals surface area contributed by atoms with E-state index >= 15 is 0 Å². The molecule has 1 amide bonds. The highest BCUT2D eigenvalue weighted by molar-refractivity contribution is 9.11. The fourth-order valence-electron chi connectivity index (χ4n) is 1.71. The second-order valence-corrected chi connectivity index (χ2v) is 6.14. The molecule has 0 fully saturated rings. The van der Waals surface area contributed by atoms with Gasteiger partial charge in [0.25, 0.3) is 5.91 Å². The molecule has 0 saturated heterocycles. The van der Waals surface area contributed by atoms with Crippen molar-refractivity contribution in [1.82, 2.24) is 5.32 Å². The minimum Gasteiger partial charge on any atom is -0.467 e. The van der Waals surface area contributed by atoms with Crippen LogP contribution in [0.15, 0.2) is 50.0 Å². The molecule has 2 rings (SSSR count). The van der Waals surface area contributed by atoms with Crippen molar-refractivity contribution in [3.8, 4) is 0 Å². The lowest BCUT2D eigenvalue weighted by molar-refractivity contribution is 0.0916. The molecule has 0 unspecified atom stereocenters. The number of ether oxygens (including phenoxy) is 1. The first-order valence-corrected chi connectivity index (χ1v) is 8.09. The van der Waals surface area contributed by atoms with Crippen LogP contribution in [0.25, 0.3) is 0 Å². The van der Waals surface area contributed by atoms with E-state index in [-0.39, 0.29) is 5.91 Å². The van der Waals surface area contributed by atoms with Gasteiger partial charge >= 0.3 is 0 Å². The third-order valence-electron chi connectivity index (χ3n) is 2.75. The van der Waals surface area contributed by atoms with Gasteiger partial charge in [0.05, 0.1) is 11.8 Å². The van der Waals surface area contributed by atoms with Gasteiger partial charge in [0.15, 0.2) is 0 Å². The fraction of sp³-hybridized carbons (Fsp3) is 0.267. The Morgan fingerprint density at radius 3 is 2.86 bits per heavy atom. The lowest BCUT2D eigenvalue weighted by atomic mass is 10.2. The molecule has 1 aromatic carbocycles. The number of benzene rings is 1. The van der Waals surface area contributed by atoms with Crippen molar-refractivity contribution in [2.24, 2.45) is 0 Å². The molecule has 0 aliphatic heterocycles. The molecule has 0 bridgehead atoms. The molecule has 1 heterocycles. The molecule has 112 valence electrons. The average molecular weight is 417 g/mol. The van der Waals surface area contributed by atoms with Crippen LogP contribution >= 0.6 is 31.9 Å². The largest absolute Gasteiger partial charge is 0.467 e. The van der Waals surface area contributed by atoms with E-state index in [0.717, 1.165) is 21.1 Å². The summed E-state index contributed by atoms with van der Waals surface area (Å²) in [5.74, 6) is 0.707. The van der Waals surface area contributed by atoms with Crippen molar-refractivity contribution in [2.75, 3.05) is 13.2 Å². The Morgan fingerprint density at radius 1 is 1.29 bits per heavy atom. The SMILES string of the molecule is O=C(NCCCOCc1ccco1)c1ccc(Br)cc1Br. The van der Waals surface area contributed by atoms with Crippen LogP contribution in [0.5, 0.6) is 0 Å². The zero-order valence-electron chi connectivity index (χ0n) is 11.3. The van der Waals surface area contributed by atoms with Gasteiger partial charge in [-0.1, -0.05) is 15.9 Å². The van der Waals surface area contributed by atoms with Crippen LogP contribution in [0.3, 0.4) is 0 Å². The van der Waals surface area contributed by atoms with Crippen molar-refractivity contribution >= 4 is 37.8 Å². The van der Waals surface area contributed by atoms with Gasteiger partial charge in [-0.2, -0.15) is 0 Å². The van der Waals surface area contributed by atoms with Crippen LogP contribution in [0, 0.1) is 0 Å². The van der Waals surface area contributed by atoms with E-state index < -0.39 is 0 Å². The molecule has 2 aromatic rings. The molecule has 1 aromatic heterocycles. The maximum absolute atomic E-state index is 12.0. The quantitative estimate of drug-likeness (QED) is 0.690. The van der Waals surface area contributed by atoms with E-state index in [2.05, 4.69) is 37.2 Å².